The molecule has 0 saturated carbocycles. The first-order chi connectivity index (χ1) is 7.27. The Kier molecular flexibility index (Phi) is 4.69. The van der Waals surface area contributed by atoms with Crippen LogP contribution in [0.5, 0.6) is 0 Å². The molecule has 0 aromatic rings. The molecule has 1 unspecified atom stereocenters. The smallest absolute Gasteiger partial charge is 0.243 e. The lowest BCUT2D eigenvalue weighted by molar-refractivity contribution is -0.253. The fraction of sp³-hybridized carbons (Fsp3) is 1.00. The Morgan fingerprint density at radius 1 is 0.765 bits per heavy atom. The first kappa shape index (κ1) is 16.7. The molecule has 0 aliphatic rings. The van der Waals surface area contributed by atoms with Gasteiger partial charge in [0, 0.05) is 0 Å². The van der Waals surface area contributed by atoms with E-state index in [9.17, 15) is 17.6 Å². The zero-order chi connectivity index (χ0) is 14.1. The fourth-order valence-corrected chi connectivity index (χ4v) is 1.36. The Bertz CT molecular complexity index is 249. The van der Waals surface area contributed by atoms with Crippen molar-refractivity contribution >= 4 is 0 Å². The quantitative estimate of drug-likeness (QED) is 0.568. The van der Waals surface area contributed by atoms with E-state index in [0.717, 1.165) is 27.2 Å². The predicted octanol–water partition coefficient (Wildman–Crippen LogP) is 5.52. The highest BCUT2D eigenvalue weighted by molar-refractivity contribution is 4.96. The second-order valence-electron chi connectivity index (χ2n) is 6.34. The van der Waals surface area contributed by atoms with Gasteiger partial charge in [0.15, 0.2) is 0 Å². The minimum atomic E-state index is -4.52. The molecule has 0 fully saturated rings. The van der Waals surface area contributed by atoms with Crippen molar-refractivity contribution in [1.29, 1.82) is 0 Å². The average molecular weight is 256 g/mol. The van der Waals surface area contributed by atoms with Gasteiger partial charge in [-0.3, -0.25) is 0 Å². The van der Waals surface area contributed by atoms with E-state index in [2.05, 4.69) is 0 Å². The molecule has 0 radical (unpaired) electrons. The maximum absolute atomic E-state index is 14.3. The van der Waals surface area contributed by atoms with Gasteiger partial charge in [0.1, 0.15) is 5.67 Å². The first-order valence-electron chi connectivity index (χ1n) is 6.02. The summed E-state index contributed by atoms with van der Waals surface area (Å²) in [6.07, 6.45) is -3.31. The molecular weight excluding hydrogens is 232 g/mol. The number of hydrogen-bond donors (Lipinski definition) is 0. The second kappa shape index (κ2) is 4.77. The number of rotatable bonds is 5. The van der Waals surface area contributed by atoms with Crippen LogP contribution < -0.4 is 0 Å². The van der Waals surface area contributed by atoms with Crippen molar-refractivity contribution < 1.29 is 17.6 Å². The largest absolute Gasteiger partial charge is 0.397 e. The van der Waals surface area contributed by atoms with E-state index in [1.807, 2.05) is 20.8 Å². The summed E-state index contributed by atoms with van der Waals surface area (Å²) < 4.78 is 52.7. The predicted molar refractivity (Wildman–Crippen MR) is 62.7 cm³/mol. The van der Waals surface area contributed by atoms with E-state index in [1.165, 1.54) is 0 Å². The van der Waals surface area contributed by atoms with Gasteiger partial charge in [-0.15, -0.1) is 0 Å². The molecule has 0 aromatic carbocycles. The summed E-state index contributed by atoms with van der Waals surface area (Å²) in [5.74, 6) is 0. The van der Waals surface area contributed by atoms with Gasteiger partial charge in [-0.05, 0) is 39.0 Å². The Hall–Kier alpha value is -0.280. The van der Waals surface area contributed by atoms with Gasteiger partial charge >= 0.3 is 6.18 Å². The summed E-state index contributed by atoms with van der Waals surface area (Å²) in [5, 5.41) is 0. The van der Waals surface area contributed by atoms with Gasteiger partial charge in [-0.25, -0.2) is 4.39 Å². The van der Waals surface area contributed by atoms with Gasteiger partial charge in [-0.1, -0.05) is 27.2 Å². The van der Waals surface area contributed by atoms with Crippen molar-refractivity contribution in [1.82, 2.24) is 0 Å². The zero-order valence-corrected chi connectivity index (χ0v) is 11.6. The third kappa shape index (κ3) is 3.85. The van der Waals surface area contributed by atoms with Crippen LogP contribution in [0, 0.1) is 10.8 Å². The Morgan fingerprint density at radius 3 is 1.47 bits per heavy atom. The molecule has 17 heavy (non-hydrogen) atoms. The van der Waals surface area contributed by atoms with Crippen molar-refractivity contribution in [2.24, 2.45) is 10.8 Å². The maximum atomic E-state index is 14.3. The maximum Gasteiger partial charge on any atom is 0.397 e. The Balaban J connectivity index is 4.81. The molecule has 0 heterocycles. The van der Waals surface area contributed by atoms with Gasteiger partial charge in [0.2, 0.25) is 0 Å². The molecule has 104 valence electrons. The standard InChI is InChI=1S/C13H24F4/c1-7-10(2,3)8-9-12(6,14)11(4,5)13(15,16)17/h7-9H2,1-6H3. The molecule has 1 atom stereocenters. The Labute approximate surface area is 102 Å². The van der Waals surface area contributed by atoms with Gasteiger partial charge in [-0.2, -0.15) is 13.2 Å². The molecule has 4 heteroatoms. The molecule has 0 saturated heterocycles. The summed E-state index contributed by atoms with van der Waals surface area (Å²) in [7, 11) is 0. The Morgan fingerprint density at radius 2 is 1.18 bits per heavy atom. The SMILES string of the molecule is CCC(C)(C)CCC(C)(F)C(C)(C)C(F)(F)F. The van der Waals surface area contributed by atoms with Gasteiger partial charge in [0.25, 0.3) is 0 Å². The van der Waals surface area contributed by atoms with E-state index in [1.54, 1.807) is 0 Å². The van der Waals surface area contributed by atoms with Crippen molar-refractivity contribution in [3.8, 4) is 0 Å². The molecular formula is C13H24F4. The molecule has 0 aromatic heterocycles. The molecule has 0 bridgehead atoms. The first-order valence-corrected chi connectivity index (χ1v) is 6.02. The normalized spacial score (nSPS) is 18.0. The van der Waals surface area contributed by atoms with Crippen molar-refractivity contribution in [2.75, 3.05) is 0 Å². The highest BCUT2D eigenvalue weighted by Crippen LogP contribution is 2.50. The van der Waals surface area contributed by atoms with Crippen LogP contribution in [0.3, 0.4) is 0 Å². The van der Waals surface area contributed by atoms with Crippen LogP contribution >= 0.6 is 0 Å². The molecule has 0 rings (SSSR count). The topological polar surface area (TPSA) is 0 Å². The summed E-state index contributed by atoms with van der Waals surface area (Å²) in [6, 6.07) is 0. The molecule has 0 aliphatic heterocycles. The lowest BCUT2D eigenvalue weighted by atomic mass is 9.71. The third-order valence-corrected chi connectivity index (χ3v) is 4.24. The summed E-state index contributed by atoms with van der Waals surface area (Å²) >= 11 is 0. The third-order valence-electron chi connectivity index (χ3n) is 4.24. The van der Waals surface area contributed by atoms with Crippen LogP contribution in [0.25, 0.3) is 0 Å². The summed E-state index contributed by atoms with van der Waals surface area (Å²) in [6.45, 7) is 8.79. The second-order valence-corrected chi connectivity index (χ2v) is 6.34. The minimum absolute atomic E-state index is 0.0691. The number of hydrogen-bond acceptors (Lipinski definition) is 0. The highest BCUT2D eigenvalue weighted by Gasteiger charge is 2.59. The van der Waals surface area contributed by atoms with E-state index in [-0.39, 0.29) is 11.8 Å². The lowest BCUT2D eigenvalue weighted by Gasteiger charge is -2.40. The number of alkyl halides is 4. The van der Waals surface area contributed by atoms with E-state index in [4.69, 9.17) is 0 Å². The van der Waals surface area contributed by atoms with Crippen LogP contribution in [-0.2, 0) is 0 Å². The van der Waals surface area contributed by atoms with Crippen LogP contribution in [0.4, 0.5) is 17.6 Å². The van der Waals surface area contributed by atoms with Crippen LogP contribution in [-0.4, -0.2) is 11.8 Å². The van der Waals surface area contributed by atoms with Crippen LogP contribution in [0.15, 0.2) is 0 Å². The van der Waals surface area contributed by atoms with Gasteiger partial charge in [0.05, 0.1) is 5.41 Å². The van der Waals surface area contributed by atoms with Gasteiger partial charge < -0.3 is 0 Å². The molecule has 0 nitrogen and oxygen atoms in total. The average Bonchev–Trinajstić information content (AvgIpc) is 2.13. The molecule has 0 N–H and O–H groups in total. The summed E-state index contributed by atoms with van der Waals surface area (Å²) in [4.78, 5) is 0. The summed E-state index contributed by atoms with van der Waals surface area (Å²) in [5.41, 5.74) is -4.67. The minimum Gasteiger partial charge on any atom is -0.243 e. The van der Waals surface area contributed by atoms with Crippen molar-refractivity contribution in [3.63, 3.8) is 0 Å². The van der Waals surface area contributed by atoms with E-state index >= 15 is 0 Å². The molecule has 0 spiro atoms. The van der Waals surface area contributed by atoms with E-state index in [0.29, 0.717) is 6.42 Å². The molecule has 0 amide bonds. The highest BCUT2D eigenvalue weighted by atomic mass is 19.4. The fourth-order valence-electron chi connectivity index (χ4n) is 1.36. The zero-order valence-electron chi connectivity index (χ0n) is 11.6. The van der Waals surface area contributed by atoms with Crippen molar-refractivity contribution in [3.05, 3.63) is 0 Å². The monoisotopic (exact) mass is 256 g/mol. The van der Waals surface area contributed by atoms with Crippen molar-refractivity contribution in [2.45, 2.75) is 72.6 Å². The molecule has 0 aliphatic carbocycles. The van der Waals surface area contributed by atoms with Crippen LogP contribution in [0.2, 0.25) is 0 Å². The lowest BCUT2D eigenvalue weighted by Crippen LogP contribution is -2.49. The van der Waals surface area contributed by atoms with Crippen LogP contribution in [0.1, 0.15) is 60.8 Å². The van der Waals surface area contributed by atoms with E-state index < -0.39 is 17.3 Å². The number of halogens is 4.